The van der Waals surface area contributed by atoms with Gasteiger partial charge in [-0.2, -0.15) is 0 Å². The summed E-state index contributed by atoms with van der Waals surface area (Å²) in [7, 11) is 0. The molecule has 0 bridgehead atoms. The smallest absolute Gasteiger partial charge is 0.249 e. The normalized spacial score (nSPS) is 13.0. The highest BCUT2D eigenvalue weighted by atomic mass is 32.2. The van der Waals surface area contributed by atoms with Crippen molar-refractivity contribution in [2.75, 3.05) is 0 Å². The average Bonchev–Trinajstić information content (AvgIpc) is 3.33. The maximum atomic E-state index is 2.68. The molecule has 0 unspecified atom stereocenters. The van der Waals surface area contributed by atoms with Crippen molar-refractivity contribution in [3.8, 4) is 28.4 Å². The van der Waals surface area contributed by atoms with Crippen LogP contribution in [0.1, 0.15) is 0 Å². The number of hydrogen-bond acceptors (Lipinski definition) is 1. The minimum Gasteiger partial charge on any atom is -0.309 e. The summed E-state index contributed by atoms with van der Waals surface area (Å²) in [6, 6.07) is 95.8. The van der Waals surface area contributed by atoms with Gasteiger partial charge in [0.2, 0.25) is 6.71 Å². The Hall–Kier alpha value is -9.95. The van der Waals surface area contributed by atoms with Crippen LogP contribution in [0.5, 0.6) is 0 Å². The molecule has 0 saturated heterocycles. The van der Waals surface area contributed by atoms with Gasteiger partial charge < -0.3 is 22.8 Å². The molecule has 0 spiro atoms. The Balaban J connectivity index is 1.10. The summed E-state index contributed by atoms with van der Waals surface area (Å²) in [5.41, 5.74) is 21.6. The van der Waals surface area contributed by atoms with E-state index in [9.17, 15) is 0 Å². The molecule has 2 aliphatic rings. The Kier molecular flexibility index (Phi) is 8.22. The number of para-hydroxylation sites is 10. The number of nitrogens with zero attached hydrogens (tertiary/aromatic N) is 5. The first kappa shape index (κ1) is 42.2. The number of hydrogen-bond donors (Lipinski definition) is 0. The van der Waals surface area contributed by atoms with E-state index in [0.29, 0.717) is 0 Å². The maximum absolute atomic E-state index is 2.68. The van der Waals surface area contributed by atoms with Gasteiger partial charge in [0.25, 0.3) is 0 Å². The van der Waals surface area contributed by atoms with Gasteiger partial charge in [0.05, 0.1) is 72.4 Å². The van der Waals surface area contributed by atoms with Crippen molar-refractivity contribution in [1.29, 1.82) is 0 Å². The topological polar surface area (TPSA) is 24.6 Å². The Morgan fingerprint density at radius 2 is 0.582 bits per heavy atom. The molecule has 5 aromatic heterocycles. The van der Waals surface area contributed by atoms with Crippen molar-refractivity contribution in [2.24, 2.45) is 0 Å². The molecule has 0 aliphatic carbocycles. The lowest BCUT2D eigenvalue weighted by Crippen LogP contribution is -2.59. The number of rotatable bonds is 4. The van der Waals surface area contributed by atoms with E-state index in [2.05, 4.69) is 278 Å². The fraction of sp³-hybridized carbons (Fsp3) is 0. The number of benzene rings is 12. The molecule has 7 heterocycles. The lowest BCUT2D eigenvalue weighted by atomic mass is 9.35. The molecule has 19 rings (SSSR count). The third kappa shape index (κ3) is 5.33. The third-order valence-electron chi connectivity index (χ3n) is 17.7. The highest BCUT2D eigenvalue weighted by molar-refractivity contribution is 8.00. The van der Waals surface area contributed by atoms with Gasteiger partial charge in [0.1, 0.15) is 0 Å². The molecule has 2 aliphatic heterocycles. The summed E-state index contributed by atoms with van der Waals surface area (Å²) >= 11 is 1.95. The summed E-state index contributed by atoms with van der Waals surface area (Å²) < 4.78 is 13.1. The van der Waals surface area contributed by atoms with Gasteiger partial charge in [0.15, 0.2) is 0 Å². The van der Waals surface area contributed by atoms with Crippen LogP contribution in [0.3, 0.4) is 0 Å². The first-order chi connectivity index (χ1) is 39.3. The van der Waals surface area contributed by atoms with E-state index in [0.717, 1.165) is 44.8 Å². The van der Waals surface area contributed by atoms with Gasteiger partial charge in [0, 0.05) is 74.9 Å². The zero-order valence-electron chi connectivity index (χ0n) is 42.5. The zero-order chi connectivity index (χ0) is 51.2. The molecule has 0 saturated carbocycles. The molecule has 0 amide bonds. The van der Waals surface area contributed by atoms with E-state index in [1.54, 1.807) is 0 Å². The first-order valence-corrected chi connectivity index (χ1v) is 28.1. The van der Waals surface area contributed by atoms with Gasteiger partial charge >= 0.3 is 0 Å². The molecule has 5 nitrogen and oxygen atoms in total. The van der Waals surface area contributed by atoms with Gasteiger partial charge in [-0.25, -0.2) is 0 Å². The molecule has 79 heavy (non-hydrogen) atoms. The average molecular weight is 1020 g/mol. The van der Waals surface area contributed by atoms with Crippen molar-refractivity contribution in [3.05, 3.63) is 255 Å². The zero-order valence-corrected chi connectivity index (χ0v) is 43.3. The lowest BCUT2D eigenvalue weighted by molar-refractivity contribution is 1.00. The fourth-order valence-electron chi connectivity index (χ4n) is 14.7. The van der Waals surface area contributed by atoms with Crippen molar-refractivity contribution in [2.45, 2.75) is 9.79 Å². The van der Waals surface area contributed by atoms with Crippen LogP contribution in [-0.2, 0) is 0 Å². The van der Waals surface area contributed by atoms with Crippen LogP contribution in [0.4, 0.5) is 0 Å². The molecule has 12 aromatic carbocycles. The number of fused-ring (bicyclic) bond motifs is 19. The summed E-state index contributed by atoms with van der Waals surface area (Å²) in [5, 5.41) is 12.4. The second-order valence-electron chi connectivity index (χ2n) is 21.5. The van der Waals surface area contributed by atoms with Crippen molar-refractivity contribution in [1.82, 2.24) is 22.8 Å². The summed E-state index contributed by atoms with van der Waals surface area (Å²) in [4.78, 5) is 2.50. The van der Waals surface area contributed by atoms with E-state index in [-0.39, 0.29) is 6.71 Å². The molecule has 7 heteroatoms. The quantitative estimate of drug-likeness (QED) is 0.161. The van der Waals surface area contributed by atoms with Crippen molar-refractivity contribution < 1.29 is 0 Å². The van der Waals surface area contributed by atoms with E-state index in [1.165, 1.54) is 119 Å². The van der Waals surface area contributed by atoms with Gasteiger partial charge in [-0.05, 0) is 77.7 Å². The van der Waals surface area contributed by atoms with Gasteiger partial charge in [-0.15, -0.1) is 0 Å². The minimum atomic E-state index is -0.125. The van der Waals surface area contributed by atoms with Crippen LogP contribution in [0.25, 0.3) is 137 Å². The van der Waals surface area contributed by atoms with E-state index in [1.807, 2.05) is 11.8 Å². The number of aromatic nitrogens is 5. The largest absolute Gasteiger partial charge is 0.309 e. The standard InChI is InChI=1S/C72H42BN5S/c1-10-31-56-44(20-1)45-21-2-11-32-57(45)74(56)43-40-41-54-65(42-43)79-72-66-68(78-64-39-18-9-28-52(64)53-29-19-30-55(67(53)78)73(54)66)69(75-58-33-12-3-22-46(58)47-23-4-13-34-59(47)75)70(76-60-35-14-5-24-48(60)49-25-6-15-36-61(49)76)71(72)77-62-37-16-7-26-50(62)51-27-8-17-38-63(51)77/h1-42H. The molecule has 0 fully saturated rings. The van der Waals surface area contributed by atoms with Crippen LogP contribution < -0.4 is 16.4 Å². The SMILES string of the molecule is c1ccc2c(c1)c1ccccc1n2-c1ccc2c(c1)Sc1c3c(c(-n4c5ccccc5c5ccccc54)c(-n4c5ccccc5c5ccccc54)c1-n1c4ccccc4c4ccccc41)-n1c4ccccc4c4cccc(c41)B23. The highest BCUT2D eigenvalue weighted by Crippen LogP contribution is 2.52. The Morgan fingerprint density at radius 3 is 1.00 bits per heavy atom. The first-order valence-electron chi connectivity index (χ1n) is 27.3. The predicted octanol–water partition coefficient (Wildman–Crippen LogP) is 16.5. The molecular formula is C72H42BN5S. The van der Waals surface area contributed by atoms with E-state index >= 15 is 0 Å². The Morgan fingerprint density at radius 1 is 0.253 bits per heavy atom. The molecular weight excluding hydrogens is 978 g/mol. The second kappa shape index (κ2) is 15.4. The van der Waals surface area contributed by atoms with Crippen LogP contribution in [0, 0.1) is 0 Å². The maximum Gasteiger partial charge on any atom is 0.249 e. The van der Waals surface area contributed by atoms with Crippen LogP contribution in [-0.4, -0.2) is 29.5 Å². The molecule has 364 valence electrons. The predicted molar refractivity (Wildman–Crippen MR) is 333 cm³/mol. The van der Waals surface area contributed by atoms with E-state index < -0.39 is 0 Å². The van der Waals surface area contributed by atoms with Gasteiger partial charge in [-0.3, -0.25) is 0 Å². The van der Waals surface area contributed by atoms with Gasteiger partial charge in [-0.1, -0.05) is 205 Å². The highest BCUT2D eigenvalue weighted by Gasteiger charge is 2.45. The summed E-state index contributed by atoms with van der Waals surface area (Å²) in [6.07, 6.45) is 0. The monoisotopic (exact) mass is 1020 g/mol. The van der Waals surface area contributed by atoms with Crippen molar-refractivity contribution >= 4 is 144 Å². The Bertz CT molecular complexity index is 5360. The molecule has 0 radical (unpaired) electrons. The summed E-state index contributed by atoms with van der Waals surface area (Å²) in [5.74, 6) is 0. The second-order valence-corrected chi connectivity index (χ2v) is 22.5. The van der Waals surface area contributed by atoms with E-state index in [4.69, 9.17) is 0 Å². The minimum absolute atomic E-state index is 0.125. The molecule has 0 N–H and O–H groups in total. The van der Waals surface area contributed by atoms with Crippen LogP contribution in [0.15, 0.2) is 265 Å². The summed E-state index contributed by atoms with van der Waals surface area (Å²) in [6.45, 7) is -0.125. The van der Waals surface area contributed by atoms with Crippen molar-refractivity contribution in [3.63, 3.8) is 0 Å². The van der Waals surface area contributed by atoms with Crippen LogP contribution in [0.2, 0.25) is 0 Å². The lowest BCUT2D eigenvalue weighted by Gasteiger charge is -2.38. The molecule has 0 atom stereocenters. The molecule has 17 aromatic rings. The van der Waals surface area contributed by atoms with Crippen LogP contribution >= 0.6 is 11.8 Å². The fourth-order valence-corrected chi connectivity index (χ4v) is 16.0. The Labute approximate surface area is 457 Å². The third-order valence-corrected chi connectivity index (χ3v) is 18.9.